The van der Waals surface area contributed by atoms with E-state index in [-0.39, 0.29) is 24.5 Å². The second-order valence-electron chi connectivity index (χ2n) is 6.04. The van der Waals surface area contributed by atoms with Crippen LogP contribution in [0.2, 0.25) is 5.02 Å². The quantitative estimate of drug-likeness (QED) is 0.481. The van der Waals surface area contributed by atoms with Gasteiger partial charge in [-0.2, -0.15) is 0 Å². The van der Waals surface area contributed by atoms with Crippen molar-refractivity contribution in [2.24, 2.45) is 5.92 Å². The number of nitrogens with one attached hydrogen (secondary N) is 1. The van der Waals surface area contributed by atoms with E-state index in [4.69, 9.17) is 16.3 Å². The van der Waals surface area contributed by atoms with Crippen LogP contribution >= 0.6 is 11.6 Å². The summed E-state index contributed by atoms with van der Waals surface area (Å²) in [6.45, 7) is 3.15. The second kappa shape index (κ2) is 11.3. The maximum absolute atomic E-state index is 12.0. The van der Waals surface area contributed by atoms with E-state index in [0.29, 0.717) is 17.0 Å². The van der Waals surface area contributed by atoms with Gasteiger partial charge in [0.05, 0.1) is 13.5 Å². The lowest BCUT2D eigenvalue weighted by Crippen LogP contribution is -2.47. The molecular weight excluding hydrogens is 374 g/mol. The molecule has 0 bridgehead atoms. The summed E-state index contributed by atoms with van der Waals surface area (Å²) in [7, 11) is 1.24. The normalized spacial score (nSPS) is 12.6. The van der Waals surface area contributed by atoms with Gasteiger partial charge >= 0.3 is 11.9 Å². The van der Waals surface area contributed by atoms with E-state index >= 15 is 0 Å². The first kappa shape index (κ1) is 22.6. The zero-order valence-electron chi connectivity index (χ0n) is 15.6. The lowest BCUT2D eigenvalue weighted by atomic mass is 9.99. The third kappa shape index (κ3) is 7.78. The second-order valence-corrected chi connectivity index (χ2v) is 6.48. The summed E-state index contributed by atoms with van der Waals surface area (Å²) < 4.78 is 9.53. The number of carbonyl (C=O) groups is 4. The summed E-state index contributed by atoms with van der Waals surface area (Å²) in [6.07, 6.45) is 0.465. The molecule has 8 heteroatoms. The molecule has 0 aliphatic heterocycles. The molecule has 0 fully saturated rings. The van der Waals surface area contributed by atoms with Crippen molar-refractivity contribution in [2.75, 3.05) is 13.7 Å². The molecule has 1 aromatic rings. The fourth-order valence-electron chi connectivity index (χ4n) is 2.23. The van der Waals surface area contributed by atoms with E-state index in [0.717, 1.165) is 0 Å². The average Bonchev–Trinajstić information content (AvgIpc) is 2.67. The van der Waals surface area contributed by atoms with Crippen molar-refractivity contribution >= 4 is 35.2 Å². The Morgan fingerprint density at radius 2 is 1.74 bits per heavy atom. The molecule has 0 unspecified atom stereocenters. The zero-order chi connectivity index (χ0) is 20.4. The highest BCUT2D eigenvalue weighted by atomic mass is 35.5. The summed E-state index contributed by atoms with van der Waals surface area (Å²) in [4.78, 5) is 47.4. The maximum atomic E-state index is 12.0. The molecular formula is C19H24ClNO6. The van der Waals surface area contributed by atoms with E-state index in [1.54, 1.807) is 31.2 Å². The number of esters is 2. The monoisotopic (exact) mass is 397 g/mol. The molecule has 0 aliphatic rings. The number of methoxy groups -OCH3 is 1. The number of Topliss-reactive ketones (excluding diaryl/α,β-unsaturated/α-hetero) is 1. The number of ketones is 1. The third-order valence-electron chi connectivity index (χ3n) is 4.07. The number of hydrogen-bond acceptors (Lipinski definition) is 6. The number of benzene rings is 1. The summed E-state index contributed by atoms with van der Waals surface area (Å²) in [5.41, 5.74) is 0.444. The lowest BCUT2D eigenvalue weighted by molar-refractivity contribution is -0.151. The molecule has 1 N–H and O–H groups in total. The van der Waals surface area contributed by atoms with Crippen LogP contribution in [0.3, 0.4) is 0 Å². The molecule has 148 valence electrons. The van der Waals surface area contributed by atoms with E-state index in [1.165, 1.54) is 7.11 Å². The van der Waals surface area contributed by atoms with Crippen molar-refractivity contribution in [2.45, 2.75) is 39.2 Å². The van der Waals surface area contributed by atoms with Crippen molar-refractivity contribution in [3.63, 3.8) is 0 Å². The van der Waals surface area contributed by atoms with E-state index in [1.807, 2.05) is 6.92 Å². The number of amides is 1. The molecule has 0 aliphatic carbocycles. The maximum Gasteiger partial charge on any atom is 0.328 e. The summed E-state index contributed by atoms with van der Waals surface area (Å²) in [5.74, 6) is -2.20. The van der Waals surface area contributed by atoms with E-state index < -0.39 is 30.5 Å². The van der Waals surface area contributed by atoms with E-state index in [2.05, 4.69) is 10.1 Å². The Bertz CT molecular complexity index is 673. The van der Waals surface area contributed by atoms with Gasteiger partial charge in [-0.15, -0.1) is 0 Å². The number of rotatable bonds is 10. The van der Waals surface area contributed by atoms with Crippen molar-refractivity contribution in [1.82, 2.24) is 5.32 Å². The molecule has 27 heavy (non-hydrogen) atoms. The zero-order valence-corrected chi connectivity index (χ0v) is 16.4. The minimum Gasteiger partial charge on any atom is -0.467 e. The Kier molecular flexibility index (Phi) is 9.50. The molecule has 0 heterocycles. The highest BCUT2D eigenvalue weighted by Gasteiger charge is 2.26. The Balaban J connectivity index is 2.42. The number of ether oxygens (including phenoxy) is 2. The summed E-state index contributed by atoms with van der Waals surface area (Å²) in [6, 6.07) is 5.52. The largest absolute Gasteiger partial charge is 0.467 e. The Labute approximate surface area is 163 Å². The number of halogens is 1. The standard InChI is InChI=1S/C19H24ClNO6/c1-4-12(2)18(19(25)26-3)21-16(23)11-27-17(24)10-9-15(22)13-5-7-14(20)8-6-13/h5-8,12,18H,4,9-11H2,1-3H3,(H,21,23)/t12-,18+/m1/s1. The van der Waals surface area contributed by atoms with Crippen LogP contribution in [-0.4, -0.2) is 43.4 Å². The van der Waals surface area contributed by atoms with Crippen LogP contribution in [-0.2, 0) is 23.9 Å². The van der Waals surface area contributed by atoms with Crippen molar-refractivity contribution in [3.05, 3.63) is 34.9 Å². The van der Waals surface area contributed by atoms with Crippen molar-refractivity contribution in [3.8, 4) is 0 Å². The smallest absolute Gasteiger partial charge is 0.328 e. The van der Waals surface area contributed by atoms with Gasteiger partial charge in [0.2, 0.25) is 0 Å². The third-order valence-corrected chi connectivity index (χ3v) is 4.32. The Morgan fingerprint density at radius 3 is 2.30 bits per heavy atom. The molecule has 1 rings (SSSR count). The number of carbonyl (C=O) groups excluding carboxylic acids is 4. The van der Waals surface area contributed by atoms with Gasteiger partial charge in [-0.05, 0) is 30.2 Å². The van der Waals surface area contributed by atoms with Crippen molar-refractivity contribution < 1.29 is 28.7 Å². The van der Waals surface area contributed by atoms with Gasteiger partial charge in [0, 0.05) is 17.0 Å². The Hall–Kier alpha value is -2.41. The van der Waals surface area contributed by atoms with Crippen LogP contribution in [0.5, 0.6) is 0 Å². The Morgan fingerprint density at radius 1 is 1.11 bits per heavy atom. The van der Waals surface area contributed by atoms with Gasteiger partial charge < -0.3 is 14.8 Å². The average molecular weight is 398 g/mol. The molecule has 0 radical (unpaired) electrons. The highest BCUT2D eigenvalue weighted by Crippen LogP contribution is 2.12. The van der Waals surface area contributed by atoms with Gasteiger partial charge in [0.25, 0.3) is 5.91 Å². The molecule has 2 atom stereocenters. The van der Waals surface area contributed by atoms with Crippen LogP contribution in [0.25, 0.3) is 0 Å². The van der Waals surface area contributed by atoms with Crippen LogP contribution < -0.4 is 5.32 Å². The van der Waals surface area contributed by atoms with Gasteiger partial charge in [-0.1, -0.05) is 31.9 Å². The molecule has 7 nitrogen and oxygen atoms in total. The SMILES string of the molecule is CC[C@@H](C)[C@H](NC(=O)COC(=O)CCC(=O)c1ccc(Cl)cc1)C(=O)OC. The fraction of sp³-hybridized carbons (Fsp3) is 0.474. The molecule has 0 saturated carbocycles. The van der Waals surface area contributed by atoms with E-state index in [9.17, 15) is 19.2 Å². The van der Waals surface area contributed by atoms with Gasteiger partial charge in [-0.3, -0.25) is 14.4 Å². The minimum absolute atomic E-state index is 0.0419. The van der Waals surface area contributed by atoms with Gasteiger partial charge in [0.1, 0.15) is 6.04 Å². The molecule has 1 aromatic carbocycles. The van der Waals surface area contributed by atoms with Crippen molar-refractivity contribution in [1.29, 1.82) is 0 Å². The molecule has 0 spiro atoms. The molecule has 0 saturated heterocycles. The lowest BCUT2D eigenvalue weighted by Gasteiger charge is -2.21. The van der Waals surface area contributed by atoms with Gasteiger partial charge in [-0.25, -0.2) is 4.79 Å². The summed E-state index contributed by atoms with van der Waals surface area (Å²) in [5, 5.41) is 3.01. The summed E-state index contributed by atoms with van der Waals surface area (Å²) >= 11 is 5.76. The minimum atomic E-state index is -0.808. The first-order valence-corrected chi connectivity index (χ1v) is 8.97. The topological polar surface area (TPSA) is 98.8 Å². The van der Waals surface area contributed by atoms with Gasteiger partial charge in [0.15, 0.2) is 12.4 Å². The molecule has 0 aromatic heterocycles. The van der Waals surface area contributed by atoms with Crippen LogP contribution in [0.4, 0.5) is 0 Å². The number of hydrogen-bond donors (Lipinski definition) is 1. The first-order chi connectivity index (χ1) is 12.8. The fourth-order valence-corrected chi connectivity index (χ4v) is 2.35. The predicted octanol–water partition coefficient (Wildman–Crippen LogP) is 2.55. The van der Waals surface area contributed by atoms with Crippen LogP contribution in [0.15, 0.2) is 24.3 Å². The van der Waals surface area contributed by atoms with Crippen LogP contribution in [0.1, 0.15) is 43.5 Å². The predicted molar refractivity (Wildman–Crippen MR) is 99.4 cm³/mol. The first-order valence-electron chi connectivity index (χ1n) is 8.60. The highest BCUT2D eigenvalue weighted by molar-refractivity contribution is 6.30. The van der Waals surface area contributed by atoms with Crippen LogP contribution in [0, 0.1) is 5.92 Å². The molecule has 1 amide bonds.